The van der Waals surface area contributed by atoms with Crippen molar-refractivity contribution in [3.63, 3.8) is 0 Å². The van der Waals surface area contributed by atoms with Gasteiger partial charge in [-0.1, -0.05) is 0 Å². The fourth-order valence-electron chi connectivity index (χ4n) is 2.88. The lowest BCUT2D eigenvalue weighted by molar-refractivity contribution is 0.0219. The molecular formula is C17H23N3O3. The number of rotatable bonds is 2. The Labute approximate surface area is 135 Å². The second-order valence-corrected chi connectivity index (χ2v) is 6.84. The van der Waals surface area contributed by atoms with Crippen molar-refractivity contribution in [2.75, 3.05) is 13.7 Å². The largest absolute Gasteiger partial charge is 0.497 e. The summed E-state index contributed by atoms with van der Waals surface area (Å²) < 4.78 is 10.7. The minimum Gasteiger partial charge on any atom is -0.497 e. The topological polar surface area (TPSA) is 67.4 Å². The molecule has 1 aromatic heterocycles. The molecule has 2 aromatic rings. The number of hydrogen-bond acceptors (Lipinski definition) is 4. The van der Waals surface area contributed by atoms with E-state index in [2.05, 4.69) is 9.97 Å². The van der Waals surface area contributed by atoms with Crippen molar-refractivity contribution >= 4 is 17.1 Å². The Hall–Kier alpha value is -2.24. The number of ether oxygens (including phenoxy) is 2. The maximum absolute atomic E-state index is 12.4. The third kappa shape index (κ3) is 3.25. The van der Waals surface area contributed by atoms with Gasteiger partial charge in [0.25, 0.3) is 0 Å². The van der Waals surface area contributed by atoms with E-state index in [9.17, 15) is 4.79 Å². The van der Waals surface area contributed by atoms with Crippen molar-refractivity contribution in [1.82, 2.24) is 14.9 Å². The first-order valence-electron chi connectivity index (χ1n) is 7.90. The molecule has 1 aliphatic heterocycles. The molecule has 0 aliphatic carbocycles. The molecule has 6 nitrogen and oxygen atoms in total. The highest BCUT2D eigenvalue weighted by Gasteiger charge is 2.34. The van der Waals surface area contributed by atoms with Crippen LogP contribution < -0.4 is 4.74 Å². The molecule has 1 fully saturated rings. The number of nitrogens with zero attached hydrogens (tertiary/aromatic N) is 2. The minimum absolute atomic E-state index is 0.0664. The zero-order valence-corrected chi connectivity index (χ0v) is 14.0. The van der Waals surface area contributed by atoms with Crippen molar-refractivity contribution in [2.24, 2.45) is 0 Å². The van der Waals surface area contributed by atoms with Crippen LogP contribution >= 0.6 is 0 Å². The van der Waals surface area contributed by atoms with Crippen LogP contribution in [-0.2, 0) is 4.74 Å². The van der Waals surface area contributed by atoms with Gasteiger partial charge in [-0.25, -0.2) is 9.78 Å². The van der Waals surface area contributed by atoms with Gasteiger partial charge in [0.1, 0.15) is 17.2 Å². The number of H-pyrrole nitrogens is 1. The molecule has 1 unspecified atom stereocenters. The highest BCUT2D eigenvalue weighted by atomic mass is 16.6. The van der Waals surface area contributed by atoms with Gasteiger partial charge < -0.3 is 14.5 Å². The number of benzene rings is 1. The molecule has 0 saturated carbocycles. The van der Waals surface area contributed by atoms with Crippen LogP contribution in [0.25, 0.3) is 11.0 Å². The van der Waals surface area contributed by atoms with Crippen LogP contribution in [0.3, 0.4) is 0 Å². The highest BCUT2D eigenvalue weighted by molar-refractivity contribution is 5.77. The summed E-state index contributed by atoms with van der Waals surface area (Å²) in [6, 6.07) is 5.65. The van der Waals surface area contributed by atoms with E-state index in [1.165, 1.54) is 0 Å². The molecule has 0 radical (unpaired) electrons. The molecule has 1 N–H and O–H groups in total. The Balaban J connectivity index is 1.86. The van der Waals surface area contributed by atoms with Crippen molar-refractivity contribution in [3.05, 3.63) is 24.0 Å². The Kier molecular flexibility index (Phi) is 3.92. The number of hydrogen-bond donors (Lipinski definition) is 1. The van der Waals surface area contributed by atoms with Gasteiger partial charge in [0.05, 0.1) is 24.2 Å². The molecule has 6 heteroatoms. The Bertz CT molecular complexity index is 717. The number of fused-ring (bicyclic) bond motifs is 1. The minimum atomic E-state index is -0.495. The number of carbonyl (C=O) groups is 1. The summed E-state index contributed by atoms with van der Waals surface area (Å²) in [5, 5.41) is 0. The molecule has 124 valence electrons. The van der Waals surface area contributed by atoms with Gasteiger partial charge in [-0.05, 0) is 45.7 Å². The van der Waals surface area contributed by atoms with E-state index in [1.807, 2.05) is 39.0 Å². The fraction of sp³-hybridized carbons (Fsp3) is 0.529. The van der Waals surface area contributed by atoms with Gasteiger partial charge >= 0.3 is 6.09 Å². The molecule has 1 aliphatic rings. The molecule has 3 rings (SSSR count). The number of aromatic nitrogens is 2. The maximum Gasteiger partial charge on any atom is 0.410 e. The third-order valence-corrected chi connectivity index (χ3v) is 3.90. The van der Waals surface area contributed by atoms with Crippen molar-refractivity contribution in [3.8, 4) is 5.75 Å². The number of nitrogens with one attached hydrogen (secondary N) is 1. The summed E-state index contributed by atoms with van der Waals surface area (Å²) in [5.74, 6) is 1.58. The summed E-state index contributed by atoms with van der Waals surface area (Å²) in [6.07, 6.45) is 1.55. The fourth-order valence-corrected chi connectivity index (χ4v) is 2.88. The van der Waals surface area contributed by atoms with Crippen LogP contribution in [0.1, 0.15) is 45.5 Å². The summed E-state index contributed by atoms with van der Waals surface area (Å²) >= 11 is 0. The van der Waals surface area contributed by atoms with E-state index in [0.717, 1.165) is 35.4 Å². The first-order chi connectivity index (χ1) is 10.9. The molecule has 0 bridgehead atoms. The summed E-state index contributed by atoms with van der Waals surface area (Å²) in [4.78, 5) is 22.1. The van der Waals surface area contributed by atoms with E-state index in [0.29, 0.717) is 6.54 Å². The number of imidazole rings is 1. The zero-order valence-electron chi connectivity index (χ0n) is 14.0. The number of likely N-dealkylation sites (tertiary alicyclic amines) is 1. The van der Waals surface area contributed by atoms with Crippen LogP contribution in [0.4, 0.5) is 4.79 Å². The van der Waals surface area contributed by atoms with Crippen molar-refractivity contribution in [2.45, 2.75) is 45.3 Å². The first-order valence-corrected chi connectivity index (χ1v) is 7.90. The quantitative estimate of drug-likeness (QED) is 0.918. The van der Waals surface area contributed by atoms with Gasteiger partial charge in [0.15, 0.2) is 0 Å². The van der Waals surface area contributed by atoms with E-state index < -0.39 is 5.60 Å². The van der Waals surface area contributed by atoms with E-state index in [-0.39, 0.29) is 12.1 Å². The van der Waals surface area contributed by atoms with Gasteiger partial charge in [0, 0.05) is 12.6 Å². The average molecular weight is 317 g/mol. The van der Waals surface area contributed by atoms with Gasteiger partial charge in [-0.2, -0.15) is 0 Å². The second kappa shape index (κ2) is 5.76. The van der Waals surface area contributed by atoms with Gasteiger partial charge in [-0.3, -0.25) is 4.90 Å². The van der Waals surface area contributed by atoms with Crippen LogP contribution in [-0.4, -0.2) is 40.2 Å². The van der Waals surface area contributed by atoms with Crippen LogP contribution in [0.15, 0.2) is 18.2 Å². The smallest absolute Gasteiger partial charge is 0.410 e. The lowest BCUT2D eigenvalue weighted by Gasteiger charge is -2.27. The van der Waals surface area contributed by atoms with Crippen LogP contribution in [0, 0.1) is 0 Å². The van der Waals surface area contributed by atoms with E-state index in [4.69, 9.17) is 9.47 Å². The maximum atomic E-state index is 12.4. The van der Waals surface area contributed by atoms with Gasteiger partial charge in [0.2, 0.25) is 0 Å². The van der Waals surface area contributed by atoms with E-state index >= 15 is 0 Å². The number of amides is 1. The van der Waals surface area contributed by atoms with Gasteiger partial charge in [-0.15, -0.1) is 0 Å². The second-order valence-electron chi connectivity index (χ2n) is 6.84. The van der Waals surface area contributed by atoms with E-state index in [1.54, 1.807) is 12.0 Å². The summed E-state index contributed by atoms with van der Waals surface area (Å²) in [6.45, 7) is 6.33. The predicted octanol–water partition coefficient (Wildman–Crippen LogP) is 3.64. The molecule has 1 amide bonds. The monoisotopic (exact) mass is 317 g/mol. The Morgan fingerprint density at radius 1 is 1.39 bits per heavy atom. The molecular weight excluding hydrogens is 294 g/mol. The number of carbonyl (C=O) groups excluding carboxylic acids is 1. The average Bonchev–Trinajstić information content (AvgIpc) is 3.10. The lowest BCUT2D eigenvalue weighted by Crippen LogP contribution is -2.36. The predicted molar refractivity (Wildman–Crippen MR) is 87.6 cm³/mol. The standard InChI is InChI=1S/C17H23N3O3/c1-17(2,3)23-16(21)20-9-5-6-14(20)15-18-12-8-7-11(22-4)10-13(12)19-15/h7-8,10,14H,5-6,9H2,1-4H3,(H,18,19). The molecule has 1 aromatic carbocycles. The summed E-state index contributed by atoms with van der Waals surface area (Å²) in [5.41, 5.74) is 1.29. The summed E-state index contributed by atoms with van der Waals surface area (Å²) in [7, 11) is 1.64. The Morgan fingerprint density at radius 3 is 2.87 bits per heavy atom. The number of aromatic amines is 1. The SMILES string of the molecule is COc1ccc2nc(C3CCCN3C(=O)OC(C)(C)C)[nH]c2c1. The van der Waals surface area contributed by atoms with Crippen molar-refractivity contribution < 1.29 is 14.3 Å². The zero-order chi connectivity index (χ0) is 16.6. The third-order valence-electron chi connectivity index (χ3n) is 3.90. The normalized spacial score (nSPS) is 18.4. The highest BCUT2D eigenvalue weighted by Crippen LogP contribution is 2.33. The van der Waals surface area contributed by atoms with Crippen molar-refractivity contribution in [1.29, 1.82) is 0 Å². The van der Waals surface area contributed by atoms with Crippen LogP contribution in [0.2, 0.25) is 0 Å². The molecule has 2 heterocycles. The molecule has 1 atom stereocenters. The molecule has 0 spiro atoms. The van der Waals surface area contributed by atoms with Crippen LogP contribution in [0.5, 0.6) is 5.75 Å². The molecule has 23 heavy (non-hydrogen) atoms. The first kappa shape index (κ1) is 15.6. The lowest BCUT2D eigenvalue weighted by atomic mass is 10.2. The molecule has 1 saturated heterocycles. The number of methoxy groups -OCH3 is 1. The Morgan fingerprint density at radius 2 is 2.17 bits per heavy atom.